The van der Waals surface area contributed by atoms with E-state index >= 15 is 4.39 Å². The van der Waals surface area contributed by atoms with Crippen LogP contribution in [0.2, 0.25) is 0 Å². The summed E-state index contributed by atoms with van der Waals surface area (Å²) < 4.78 is 62.5. The molecule has 1 aliphatic heterocycles. The molecule has 11 heteroatoms. The van der Waals surface area contributed by atoms with Gasteiger partial charge in [-0.1, -0.05) is 0 Å². The van der Waals surface area contributed by atoms with Crippen molar-refractivity contribution in [1.29, 1.82) is 0 Å². The monoisotopic (exact) mass is 524 g/mol. The van der Waals surface area contributed by atoms with Crippen molar-refractivity contribution in [1.82, 2.24) is 29.7 Å². The normalized spacial score (nSPS) is 18.2. The Hall–Kier alpha value is -3.73. The molecule has 3 aromatic heterocycles. The zero-order valence-corrected chi connectivity index (χ0v) is 20.8. The van der Waals surface area contributed by atoms with E-state index in [9.17, 15) is 13.2 Å². The minimum atomic E-state index is -4.67. The summed E-state index contributed by atoms with van der Waals surface area (Å²) in [7, 11) is 0. The molecule has 0 amide bonds. The molecular weight excluding hydrogens is 500 g/mol. The number of hydrogen-bond acceptors (Lipinski definition) is 6. The number of hydrogen-bond donors (Lipinski definition) is 0. The van der Waals surface area contributed by atoms with E-state index in [1.807, 2.05) is 17.0 Å². The highest BCUT2D eigenvalue weighted by Crippen LogP contribution is 2.36. The van der Waals surface area contributed by atoms with E-state index in [4.69, 9.17) is 4.74 Å². The number of benzene rings is 1. The summed E-state index contributed by atoms with van der Waals surface area (Å²) in [6.07, 6.45) is 3.60. The van der Waals surface area contributed by atoms with Gasteiger partial charge in [0.15, 0.2) is 11.5 Å². The van der Waals surface area contributed by atoms with E-state index in [1.165, 1.54) is 12.8 Å². The van der Waals surface area contributed by atoms with Crippen LogP contribution in [0.25, 0.3) is 28.0 Å². The molecule has 1 aromatic carbocycles. The molecule has 196 valence electrons. The first-order valence-corrected chi connectivity index (χ1v) is 12.4. The molecule has 1 aliphatic carbocycles. The minimum Gasteiger partial charge on any atom is -0.369 e. The second-order valence-electron chi connectivity index (χ2n) is 9.83. The maximum absolute atomic E-state index is 15.1. The van der Waals surface area contributed by atoms with Crippen molar-refractivity contribution in [3.63, 3.8) is 0 Å². The lowest BCUT2D eigenvalue weighted by Gasteiger charge is -2.21. The molecule has 2 aliphatic rings. The third-order valence-corrected chi connectivity index (χ3v) is 6.93. The van der Waals surface area contributed by atoms with Crippen LogP contribution in [-0.4, -0.2) is 36.3 Å². The van der Waals surface area contributed by atoms with Crippen molar-refractivity contribution in [3.05, 3.63) is 70.8 Å². The molecule has 6 rings (SSSR count). The fourth-order valence-corrected chi connectivity index (χ4v) is 4.51. The Kier molecular flexibility index (Phi) is 5.97. The van der Waals surface area contributed by atoms with Gasteiger partial charge in [-0.3, -0.25) is 4.68 Å². The lowest BCUT2D eigenvalue weighted by atomic mass is 10.0. The third-order valence-electron chi connectivity index (χ3n) is 6.93. The molecule has 1 fully saturated rings. The van der Waals surface area contributed by atoms with E-state index in [1.54, 1.807) is 20.0 Å². The molecule has 1 saturated carbocycles. The zero-order valence-electron chi connectivity index (χ0n) is 20.8. The number of aromatic nitrogens is 6. The largest absolute Gasteiger partial charge is 0.416 e. The Bertz CT molecular complexity index is 1570. The molecule has 7 nitrogen and oxygen atoms in total. The van der Waals surface area contributed by atoms with Crippen LogP contribution in [-0.2, 0) is 17.5 Å². The summed E-state index contributed by atoms with van der Waals surface area (Å²) in [6, 6.07) is 2.39. The summed E-state index contributed by atoms with van der Waals surface area (Å²) in [5.74, 6) is -0.0555. The van der Waals surface area contributed by atoms with Crippen LogP contribution in [0.15, 0.2) is 36.7 Å². The van der Waals surface area contributed by atoms with E-state index in [2.05, 4.69) is 25.0 Å². The highest BCUT2D eigenvalue weighted by Gasteiger charge is 2.32. The van der Waals surface area contributed by atoms with Gasteiger partial charge >= 0.3 is 6.18 Å². The average molecular weight is 525 g/mol. The summed E-state index contributed by atoms with van der Waals surface area (Å²) >= 11 is 0. The molecule has 1 atom stereocenters. The number of ether oxygens (including phenoxy) is 1. The summed E-state index contributed by atoms with van der Waals surface area (Å²) in [5.41, 5.74) is 2.29. The summed E-state index contributed by atoms with van der Waals surface area (Å²) in [5, 5.41) is 4.45. The molecule has 0 unspecified atom stereocenters. The number of halogens is 4. The summed E-state index contributed by atoms with van der Waals surface area (Å²) in [6.45, 7) is 4.83. The van der Waals surface area contributed by atoms with Crippen molar-refractivity contribution in [3.8, 4) is 11.3 Å². The van der Waals surface area contributed by atoms with Gasteiger partial charge < -0.3 is 4.74 Å². The van der Waals surface area contributed by atoms with Gasteiger partial charge in [-0.15, -0.1) is 0 Å². The van der Waals surface area contributed by atoms with Crippen molar-refractivity contribution < 1.29 is 22.3 Å². The van der Waals surface area contributed by atoms with Gasteiger partial charge in [0, 0.05) is 23.9 Å². The van der Waals surface area contributed by atoms with Crippen LogP contribution in [0.5, 0.6) is 0 Å². The lowest BCUT2D eigenvalue weighted by Crippen LogP contribution is -2.12. The first kappa shape index (κ1) is 24.6. The van der Waals surface area contributed by atoms with Gasteiger partial charge in [0.2, 0.25) is 0 Å². The number of nitrogens with zero attached hydrogens (tertiary/aromatic N) is 6. The van der Waals surface area contributed by atoms with Gasteiger partial charge in [-0.2, -0.15) is 18.3 Å². The Morgan fingerprint density at radius 1 is 1.05 bits per heavy atom. The Balaban J connectivity index is 1.44. The van der Waals surface area contributed by atoms with Crippen LogP contribution >= 0.6 is 0 Å². The van der Waals surface area contributed by atoms with E-state index < -0.39 is 17.6 Å². The van der Waals surface area contributed by atoms with Crippen LogP contribution < -0.4 is 0 Å². The molecule has 0 radical (unpaired) electrons. The highest BCUT2D eigenvalue weighted by molar-refractivity contribution is 5.88. The number of rotatable bonds is 5. The number of fused-ring (bicyclic) bond motifs is 1. The second-order valence-corrected chi connectivity index (χ2v) is 9.83. The van der Waals surface area contributed by atoms with Gasteiger partial charge in [0.05, 0.1) is 29.8 Å². The van der Waals surface area contributed by atoms with Crippen molar-refractivity contribution >= 4 is 16.7 Å². The number of alkyl halides is 3. The Labute approximate surface area is 215 Å². The van der Waals surface area contributed by atoms with Crippen molar-refractivity contribution in [2.24, 2.45) is 5.92 Å². The fraction of sp³-hybridized carbons (Fsp3) is 0.370. The summed E-state index contributed by atoms with van der Waals surface area (Å²) in [4.78, 5) is 18.3. The van der Waals surface area contributed by atoms with E-state index in [0.29, 0.717) is 42.2 Å². The predicted octanol–water partition coefficient (Wildman–Crippen LogP) is 6.01. The average Bonchev–Trinajstić information content (AvgIpc) is 3.57. The molecule has 0 N–H and O–H groups in total. The quantitative estimate of drug-likeness (QED) is 0.298. The van der Waals surface area contributed by atoms with Crippen molar-refractivity contribution in [2.45, 2.75) is 51.9 Å². The maximum atomic E-state index is 15.1. The SMILES string of the molecule is Cc1nc2nc(C3=C[C@H](c4cnn(CC5CC5)c4)OCC3)nc(-c3ccc(C(F)(F)F)cc3F)c2nc1C. The Morgan fingerprint density at radius 3 is 2.58 bits per heavy atom. The lowest BCUT2D eigenvalue weighted by molar-refractivity contribution is -0.137. The van der Waals surface area contributed by atoms with Gasteiger partial charge in [0.1, 0.15) is 23.1 Å². The predicted molar refractivity (Wildman–Crippen MR) is 131 cm³/mol. The second kappa shape index (κ2) is 9.23. The van der Waals surface area contributed by atoms with Crippen LogP contribution in [0.4, 0.5) is 17.6 Å². The molecule has 0 spiro atoms. The maximum Gasteiger partial charge on any atom is 0.416 e. The zero-order chi connectivity index (χ0) is 26.6. The molecule has 38 heavy (non-hydrogen) atoms. The van der Waals surface area contributed by atoms with Crippen LogP contribution in [0, 0.1) is 25.6 Å². The van der Waals surface area contributed by atoms with Crippen LogP contribution in [0.3, 0.4) is 0 Å². The molecule has 4 heterocycles. The minimum absolute atomic E-state index is 0.0908. The fourth-order valence-electron chi connectivity index (χ4n) is 4.51. The smallest absolute Gasteiger partial charge is 0.369 e. The van der Waals surface area contributed by atoms with Crippen LogP contribution in [0.1, 0.15) is 53.7 Å². The topological polar surface area (TPSA) is 78.6 Å². The van der Waals surface area contributed by atoms with E-state index in [0.717, 1.165) is 29.8 Å². The first-order valence-electron chi connectivity index (χ1n) is 12.4. The highest BCUT2D eigenvalue weighted by atomic mass is 19.4. The molecule has 0 bridgehead atoms. The Morgan fingerprint density at radius 2 is 1.84 bits per heavy atom. The van der Waals surface area contributed by atoms with Gasteiger partial charge in [-0.25, -0.2) is 24.3 Å². The van der Waals surface area contributed by atoms with Gasteiger partial charge in [-0.05, 0) is 68.9 Å². The standard InChI is InChI=1S/C27H24F4N6O/c1-14-15(2)34-26-24(33-14)23(20-6-5-19(10-21(20)28)27(29,30)31)35-25(36-26)17-7-8-38-22(9-17)18-11-32-37(13-18)12-16-3-4-16/h5-6,9-11,13,16,22H,3-4,7-8,12H2,1-2H3/t22-/m1/s1. The molecular formula is C27H24F4N6O. The number of aryl methyl sites for hydroxylation is 2. The molecule has 0 saturated heterocycles. The van der Waals surface area contributed by atoms with E-state index in [-0.39, 0.29) is 28.5 Å². The first-order chi connectivity index (χ1) is 18.2. The van der Waals surface area contributed by atoms with Gasteiger partial charge in [0.25, 0.3) is 0 Å². The molecule has 4 aromatic rings. The van der Waals surface area contributed by atoms with Crippen molar-refractivity contribution in [2.75, 3.05) is 6.61 Å². The third kappa shape index (κ3) is 4.78.